The summed E-state index contributed by atoms with van der Waals surface area (Å²) in [6.45, 7) is 7.71. The molecule has 4 heteroatoms. The molecule has 4 rings (SSSR count). The Bertz CT molecular complexity index is 1140. The number of rotatable bonds is 4. The fourth-order valence-corrected chi connectivity index (χ4v) is 3.04. The molecule has 1 heterocycles. The van der Waals surface area contributed by atoms with Crippen LogP contribution in [0.25, 0.3) is 27.3 Å². The number of nitrogens with one attached hydrogen (secondary N) is 1. The predicted octanol–water partition coefficient (Wildman–Crippen LogP) is 6.42. The average molecular weight is 364 g/mol. The molecule has 0 aliphatic carbocycles. The van der Waals surface area contributed by atoms with Crippen molar-refractivity contribution < 1.29 is 9.21 Å². The van der Waals surface area contributed by atoms with Crippen LogP contribution in [0.15, 0.2) is 95.4 Å². The van der Waals surface area contributed by atoms with Crippen molar-refractivity contribution in [1.82, 2.24) is 0 Å². The van der Waals surface area contributed by atoms with Gasteiger partial charge in [-0.1, -0.05) is 78.9 Å². The van der Waals surface area contributed by atoms with E-state index in [1.807, 2.05) is 66.7 Å². The van der Waals surface area contributed by atoms with E-state index in [0.29, 0.717) is 16.9 Å². The summed E-state index contributed by atoms with van der Waals surface area (Å²) in [5.41, 5.74) is 3.15. The van der Waals surface area contributed by atoms with Gasteiger partial charge in [0.2, 0.25) is 5.88 Å². The highest BCUT2D eigenvalue weighted by Gasteiger charge is 2.24. The van der Waals surface area contributed by atoms with Crippen molar-refractivity contribution in [2.45, 2.75) is 0 Å². The molecule has 4 nitrogen and oxygen atoms in total. The second-order valence-corrected chi connectivity index (χ2v) is 6.15. The van der Waals surface area contributed by atoms with Gasteiger partial charge in [0.25, 0.3) is 11.6 Å². The molecule has 0 saturated carbocycles. The lowest BCUT2D eigenvalue weighted by Crippen LogP contribution is -2.11. The molecule has 0 aliphatic heterocycles. The molecule has 28 heavy (non-hydrogen) atoms. The Morgan fingerprint density at radius 1 is 0.786 bits per heavy atom. The van der Waals surface area contributed by atoms with E-state index in [1.165, 1.54) is 0 Å². The van der Waals surface area contributed by atoms with Gasteiger partial charge in [0, 0.05) is 16.7 Å². The maximum atomic E-state index is 12.6. The normalized spacial score (nSPS) is 10.2. The van der Waals surface area contributed by atoms with Crippen molar-refractivity contribution >= 4 is 17.5 Å². The molecule has 1 aromatic heterocycles. The maximum Gasteiger partial charge on any atom is 0.257 e. The van der Waals surface area contributed by atoms with E-state index in [9.17, 15) is 4.79 Å². The van der Waals surface area contributed by atoms with Gasteiger partial charge in [0.1, 0.15) is 5.76 Å². The van der Waals surface area contributed by atoms with Gasteiger partial charge in [-0.3, -0.25) is 4.79 Å². The third-order valence-corrected chi connectivity index (χ3v) is 4.36. The van der Waals surface area contributed by atoms with E-state index in [0.717, 1.165) is 11.1 Å². The maximum absolute atomic E-state index is 12.6. The number of furan rings is 1. The van der Waals surface area contributed by atoms with Gasteiger partial charge in [-0.15, -0.1) is 0 Å². The third kappa shape index (κ3) is 3.29. The van der Waals surface area contributed by atoms with Gasteiger partial charge in [0.15, 0.2) is 0 Å². The molecule has 0 spiro atoms. The smallest absolute Gasteiger partial charge is 0.257 e. The molecule has 0 atom stereocenters. The fraction of sp³-hybridized carbons (Fsp3) is 0. The summed E-state index contributed by atoms with van der Waals surface area (Å²) >= 11 is 0. The average Bonchev–Trinajstić information content (AvgIpc) is 3.13. The first kappa shape index (κ1) is 17.3. The summed E-state index contributed by atoms with van der Waals surface area (Å²) in [5.74, 6) is 0.390. The zero-order valence-corrected chi connectivity index (χ0v) is 14.9. The minimum atomic E-state index is -0.321. The van der Waals surface area contributed by atoms with E-state index < -0.39 is 0 Å². The molecule has 0 aliphatic rings. The number of carbonyl (C=O) groups excluding carboxylic acids is 1. The fourth-order valence-electron chi connectivity index (χ4n) is 3.04. The largest absolute Gasteiger partial charge is 0.451 e. The summed E-state index contributed by atoms with van der Waals surface area (Å²) in [6, 6.07) is 28.0. The molecule has 3 aromatic carbocycles. The number of benzene rings is 3. The first-order valence-electron chi connectivity index (χ1n) is 8.79. The lowest BCUT2D eigenvalue weighted by atomic mass is 10.0. The van der Waals surface area contributed by atoms with E-state index >= 15 is 0 Å². The van der Waals surface area contributed by atoms with Gasteiger partial charge in [0.05, 0.1) is 6.57 Å². The molecule has 0 bridgehead atoms. The van der Waals surface area contributed by atoms with Gasteiger partial charge < -0.3 is 9.73 Å². The number of nitrogens with zero attached hydrogens (tertiary/aromatic N) is 1. The van der Waals surface area contributed by atoms with Crippen LogP contribution in [0, 0.1) is 6.57 Å². The van der Waals surface area contributed by atoms with Crippen LogP contribution < -0.4 is 5.32 Å². The first-order valence-corrected chi connectivity index (χ1v) is 8.79. The van der Waals surface area contributed by atoms with Crippen LogP contribution in [-0.4, -0.2) is 5.91 Å². The molecule has 0 unspecified atom stereocenters. The summed E-state index contributed by atoms with van der Waals surface area (Å²) in [4.78, 5) is 16.3. The lowest BCUT2D eigenvalue weighted by Gasteiger charge is -2.03. The summed E-state index contributed by atoms with van der Waals surface area (Å²) in [7, 11) is 0. The zero-order valence-electron chi connectivity index (χ0n) is 14.9. The Hall–Kier alpha value is -4.10. The third-order valence-electron chi connectivity index (χ3n) is 4.36. The number of hydrogen-bond acceptors (Lipinski definition) is 2. The molecular formula is C24H16N2O2. The van der Waals surface area contributed by atoms with Crippen LogP contribution in [0.3, 0.4) is 0 Å². The molecule has 4 aromatic rings. The number of anilines is 1. The molecule has 1 amide bonds. The van der Waals surface area contributed by atoms with E-state index in [2.05, 4.69) is 10.2 Å². The van der Waals surface area contributed by atoms with Crippen molar-refractivity contribution in [3.63, 3.8) is 0 Å². The molecule has 0 radical (unpaired) electrons. The van der Waals surface area contributed by atoms with Crippen molar-refractivity contribution in [3.05, 3.63) is 108 Å². The van der Waals surface area contributed by atoms with Gasteiger partial charge in [-0.05, 0) is 17.7 Å². The second-order valence-electron chi connectivity index (χ2n) is 6.15. The molecule has 0 fully saturated rings. The highest BCUT2D eigenvalue weighted by Crippen LogP contribution is 2.47. The number of hydrogen-bond donors (Lipinski definition) is 1. The van der Waals surface area contributed by atoms with Crippen LogP contribution in [-0.2, 0) is 0 Å². The Morgan fingerprint density at radius 2 is 1.32 bits per heavy atom. The summed E-state index contributed by atoms with van der Waals surface area (Å²) in [5, 5.41) is 2.76. The minimum absolute atomic E-state index is 0.154. The summed E-state index contributed by atoms with van der Waals surface area (Å²) in [6.07, 6.45) is 0. The predicted molar refractivity (Wildman–Crippen MR) is 110 cm³/mol. The molecule has 1 N–H and O–H groups in total. The minimum Gasteiger partial charge on any atom is -0.451 e. The van der Waals surface area contributed by atoms with E-state index in [4.69, 9.17) is 11.0 Å². The zero-order chi connectivity index (χ0) is 19.3. The van der Waals surface area contributed by atoms with E-state index in [1.54, 1.807) is 24.3 Å². The number of amides is 1. The quantitative estimate of drug-likeness (QED) is 0.425. The lowest BCUT2D eigenvalue weighted by molar-refractivity contribution is 0.102. The van der Waals surface area contributed by atoms with Crippen LogP contribution >= 0.6 is 0 Å². The Labute approximate surface area is 162 Å². The standard InChI is InChI=1S/C24H16N2O2/c1-25-21-20(17-11-5-2-6-12-17)22(18-13-7-3-8-14-18)28-24(21)26-23(27)19-15-9-4-10-16-19/h2-16H,(H,26,27). The molecule has 134 valence electrons. The number of carbonyl (C=O) groups is 1. The summed E-state index contributed by atoms with van der Waals surface area (Å²) < 4.78 is 6.02. The van der Waals surface area contributed by atoms with E-state index in [-0.39, 0.29) is 17.5 Å². The monoisotopic (exact) mass is 364 g/mol. The van der Waals surface area contributed by atoms with Crippen molar-refractivity contribution in [2.24, 2.45) is 0 Å². The molecule has 0 saturated heterocycles. The second kappa shape index (κ2) is 7.65. The van der Waals surface area contributed by atoms with Crippen LogP contribution in [0.4, 0.5) is 11.6 Å². The van der Waals surface area contributed by atoms with Crippen LogP contribution in [0.1, 0.15) is 10.4 Å². The van der Waals surface area contributed by atoms with Crippen LogP contribution in [0.5, 0.6) is 0 Å². The topological polar surface area (TPSA) is 46.6 Å². The van der Waals surface area contributed by atoms with Crippen LogP contribution in [0.2, 0.25) is 0 Å². The van der Waals surface area contributed by atoms with Gasteiger partial charge in [-0.2, -0.15) is 0 Å². The highest BCUT2D eigenvalue weighted by molar-refractivity contribution is 6.07. The Kier molecular flexibility index (Phi) is 4.73. The van der Waals surface area contributed by atoms with Crippen molar-refractivity contribution in [1.29, 1.82) is 0 Å². The van der Waals surface area contributed by atoms with Gasteiger partial charge >= 0.3 is 0 Å². The first-order chi connectivity index (χ1) is 13.8. The van der Waals surface area contributed by atoms with Crippen molar-refractivity contribution in [2.75, 3.05) is 5.32 Å². The van der Waals surface area contributed by atoms with Crippen molar-refractivity contribution in [3.8, 4) is 22.5 Å². The molecular weight excluding hydrogens is 348 g/mol. The SMILES string of the molecule is [C-]#[N+]c1c(NC(=O)c2ccccc2)oc(-c2ccccc2)c1-c1ccccc1. The Morgan fingerprint density at radius 3 is 1.89 bits per heavy atom. The highest BCUT2D eigenvalue weighted by atomic mass is 16.4. The van der Waals surface area contributed by atoms with Gasteiger partial charge in [-0.25, -0.2) is 4.85 Å². The Balaban J connectivity index is 1.85.